The van der Waals surface area contributed by atoms with Gasteiger partial charge in [-0.3, -0.25) is 24.1 Å². The number of carbonyl (C=O) groups is 4. The smallest absolute Gasteiger partial charge is 0.264 e. The van der Waals surface area contributed by atoms with Gasteiger partial charge in [0.1, 0.15) is 11.5 Å². The van der Waals surface area contributed by atoms with Crippen molar-refractivity contribution < 1.29 is 23.9 Å². The van der Waals surface area contributed by atoms with Crippen LogP contribution >= 0.6 is 0 Å². The summed E-state index contributed by atoms with van der Waals surface area (Å²) >= 11 is 0. The standard InChI is InChI=1S/C26H20N2O5/c29-16-13-14-21(22(30)15-16)28-25(31)18-9-6-11-20(24(18)26(28)32)27-19-10-4-5-12-23(19)33-17-7-2-1-3-8-17/h1-12,21,27H,13-15H2. The molecule has 5 rings (SSSR count). The number of nitrogens with one attached hydrogen (secondary N) is 1. The molecular weight excluding hydrogens is 420 g/mol. The fourth-order valence-electron chi connectivity index (χ4n) is 4.24. The number of para-hydroxylation sites is 3. The molecule has 0 aromatic heterocycles. The lowest BCUT2D eigenvalue weighted by Crippen LogP contribution is -2.47. The number of rotatable bonds is 5. The van der Waals surface area contributed by atoms with E-state index in [1.807, 2.05) is 48.5 Å². The zero-order valence-electron chi connectivity index (χ0n) is 17.6. The maximum Gasteiger partial charge on any atom is 0.264 e. The second-order valence-electron chi connectivity index (χ2n) is 7.98. The highest BCUT2D eigenvalue weighted by molar-refractivity contribution is 6.26. The molecule has 1 heterocycles. The van der Waals surface area contributed by atoms with Crippen molar-refractivity contribution in [1.29, 1.82) is 0 Å². The predicted molar refractivity (Wildman–Crippen MR) is 121 cm³/mol. The average molecular weight is 440 g/mol. The molecule has 3 aromatic rings. The van der Waals surface area contributed by atoms with Crippen molar-refractivity contribution >= 4 is 34.8 Å². The Kier molecular flexibility index (Phi) is 5.22. The number of Topliss-reactive ketones (excluding diaryl/α,β-unsaturated/α-hetero) is 2. The van der Waals surface area contributed by atoms with Gasteiger partial charge in [-0.05, 0) is 42.8 Å². The maximum absolute atomic E-state index is 13.3. The first-order valence-corrected chi connectivity index (χ1v) is 10.7. The van der Waals surface area contributed by atoms with Gasteiger partial charge in [0.25, 0.3) is 11.8 Å². The zero-order chi connectivity index (χ0) is 22.9. The number of nitrogens with zero attached hydrogens (tertiary/aromatic N) is 1. The third-order valence-electron chi connectivity index (χ3n) is 5.83. The van der Waals surface area contributed by atoms with Gasteiger partial charge >= 0.3 is 0 Å². The molecule has 1 aliphatic heterocycles. The summed E-state index contributed by atoms with van der Waals surface area (Å²) in [5.41, 5.74) is 1.50. The highest BCUT2D eigenvalue weighted by Gasteiger charge is 2.45. The van der Waals surface area contributed by atoms with Crippen LogP contribution in [0.25, 0.3) is 0 Å². The first-order chi connectivity index (χ1) is 16.0. The van der Waals surface area contributed by atoms with Crippen LogP contribution in [0.15, 0.2) is 72.8 Å². The number of imide groups is 1. The third kappa shape index (κ3) is 3.78. The van der Waals surface area contributed by atoms with E-state index in [0.29, 0.717) is 22.9 Å². The lowest BCUT2D eigenvalue weighted by atomic mass is 9.92. The van der Waals surface area contributed by atoms with Crippen molar-refractivity contribution in [3.63, 3.8) is 0 Å². The minimum absolute atomic E-state index is 0.162. The monoisotopic (exact) mass is 440 g/mol. The van der Waals surface area contributed by atoms with E-state index >= 15 is 0 Å². The zero-order valence-corrected chi connectivity index (χ0v) is 17.6. The van der Waals surface area contributed by atoms with E-state index in [9.17, 15) is 19.2 Å². The summed E-state index contributed by atoms with van der Waals surface area (Å²) in [4.78, 5) is 51.4. The van der Waals surface area contributed by atoms with Gasteiger partial charge in [-0.25, -0.2) is 0 Å². The first-order valence-electron chi connectivity index (χ1n) is 10.7. The molecule has 2 amide bonds. The molecule has 2 aliphatic rings. The van der Waals surface area contributed by atoms with Crippen molar-refractivity contribution in [1.82, 2.24) is 4.90 Å². The van der Waals surface area contributed by atoms with Gasteiger partial charge in [-0.15, -0.1) is 0 Å². The number of ether oxygens (including phenoxy) is 1. The summed E-state index contributed by atoms with van der Waals surface area (Å²) < 4.78 is 5.99. The van der Waals surface area contributed by atoms with Crippen LogP contribution in [0.2, 0.25) is 0 Å². The number of fused-ring (bicyclic) bond motifs is 1. The summed E-state index contributed by atoms with van der Waals surface area (Å²) in [5, 5.41) is 3.22. The lowest BCUT2D eigenvalue weighted by molar-refractivity contribution is -0.132. The second-order valence-corrected chi connectivity index (χ2v) is 7.98. The van der Waals surface area contributed by atoms with Gasteiger partial charge in [0.05, 0.1) is 35.0 Å². The quantitative estimate of drug-likeness (QED) is 0.464. The molecule has 0 spiro atoms. The predicted octanol–water partition coefficient (Wildman–Crippen LogP) is 4.51. The van der Waals surface area contributed by atoms with Crippen LogP contribution in [0, 0.1) is 0 Å². The molecule has 0 saturated heterocycles. The Hall–Kier alpha value is -4.26. The molecule has 1 fully saturated rings. The lowest BCUT2D eigenvalue weighted by Gasteiger charge is -2.27. The summed E-state index contributed by atoms with van der Waals surface area (Å²) in [6.45, 7) is 0. The van der Waals surface area contributed by atoms with E-state index < -0.39 is 23.6 Å². The Labute approximate surface area is 190 Å². The van der Waals surface area contributed by atoms with Gasteiger partial charge in [-0.1, -0.05) is 36.4 Å². The van der Waals surface area contributed by atoms with Crippen LogP contribution in [-0.2, 0) is 9.59 Å². The van der Waals surface area contributed by atoms with Crippen LogP contribution in [0.3, 0.4) is 0 Å². The van der Waals surface area contributed by atoms with E-state index in [1.54, 1.807) is 24.3 Å². The summed E-state index contributed by atoms with van der Waals surface area (Å²) in [6, 6.07) is 20.7. The van der Waals surface area contributed by atoms with Crippen LogP contribution in [0.1, 0.15) is 40.0 Å². The molecule has 7 nitrogen and oxygen atoms in total. The van der Waals surface area contributed by atoms with Gasteiger partial charge in [0.2, 0.25) is 0 Å². The number of hydrogen-bond donors (Lipinski definition) is 1. The average Bonchev–Trinajstić information content (AvgIpc) is 3.07. The number of benzene rings is 3. The van der Waals surface area contributed by atoms with E-state index in [-0.39, 0.29) is 36.2 Å². The van der Waals surface area contributed by atoms with Crippen molar-refractivity contribution in [2.75, 3.05) is 5.32 Å². The largest absolute Gasteiger partial charge is 0.455 e. The Bertz CT molecular complexity index is 1280. The van der Waals surface area contributed by atoms with E-state index in [2.05, 4.69) is 5.32 Å². The molecule has 1 unspecified atom stereocenters. The number of ketones is 2. The van der Waals surface area contributed by atoms with Gasteiger partial charge in [0.15, 0.2) is 11.5 Å². The molecule has 33 heavy (non-hydrogen) atoms. The molecule has 1 aliphatic carbocycles. The van der Waals surface area contributed by atoms with E-state index in [1.165, 1.54) is 0 Å². The van der Waals surface area contributed by atoms with Crippen molar-refractivity contribution in [2.24, 2.45) is 0 Å². The topological polar surface area (TPSA) is 92.8 Å². The molecule has 164 valence electrons. The van der Waals surface area contributed by atoms with Crippen LogP contribution in [0.5, 0.6) is 11.5 Å². The van der Waals surface area contributed by atoms with Crippen molar-refractivity contribution in [3.05, 3.63) is 83.9 Å². The van der Waals surface area contributed by atoms with Crippen molar-refractivity contribution in [3.8, 4) is 11.5 Å². The summed E-state index contributed by atoms with van der Waals surface area (Å²) in [5.74, 6) is -0.390. The van der Waals surface area contributed by atoms with Crippen LogP contribution < -0.4 is 10.1 Å². The minimum Gasteiger partial charge on any atom is -0.455 e. The van der Waals surface area contributed by atoms with Crippen LogP contribution in [0.4, 0.5) is 11.4 Å². The fourth-order valence-corrected chi connectivity index (χ4v) is 4.24. The number of hydrogen-bond acceptors (Lipinski definition) is 6. The number of anilines is 2. The highest BCUT2D eigenvalue weighted by Crippen LogP contribution is 2.37. The second kappa shape index (κ2) is 8.35. The number of carbonyl (C=O) groups excluding carboxylic acids is 4. The molecule has 1 saturated carbocycles. The molecule has 7 heteroatoms. The van der Waals surface area contributed by atoms with Gasteiger partial charge in [0, 0.05) is 6.42 Å². The molecule has 1 atom stereocenters. The van der Waals surface area contributed by atoms with Gasteiger partial charge < -0.3 is 10.1 Å². The van der Waals surface area contributed by atoms with Gasteiger partial charge in [-0.2, -0.15) is 0 Å². The van der Waals surface area contributed by atoms with Crippen molar-refractivity contribution in [2.45, 2.75) is 25.3 Å². The van der Waals surface area contributed by atoms with Crippen LogP contribution in [-0.4, -0.2) is 34.3 Å². The Morgan fingerprint density at radius 3 is 2.30 bits per heavy atom. The fraction of sp³-hybridized carbons (Fsp3) is 0.154. The summed E-state index contributed by atoms with van der Waals surface area (Å²) in [7, 11) is 0. The highest BCUT2D eigenvalue weighted by atomic mass is 16.5. The number of amides is 2. The first kappa shape index (κ1) is 20.6. The molecular formula is C26H20N2O5. The summed E-state index contributed by atoms with van der Waals surface area (Å²) in [6.07, 6.45) is 0.103. The molecule has 0 radical (unpaired) electrons. The Morgan fingerprint density at radius 2 is 1.52 bits per heavy atom. The third-order valence-corrected chi connectivity index (χ3v) is 5.83. The Morgan fingerprint density at radius 1 is 0.788 bits per heavy atom. The molecule has 3 aromatic carbocycles. The molecule has 1 N–H and O–H groups in total. The van der Waals surface area contributed by atoms with E-state index in [4.69, 9.17) is 4.74 Å². The SMILES string of the molecule is O=C1CCC(N2C(=O)c3cccc(Nc4ccccc4Oc4ccccc4)c3C2=O)C(=O)C1. The Balaban J connectivity index is 1.46. The maximum atomic E-state index is 13.3. The molecule has 0 bridgehead atoms. The van der Waals surface area contributed by atoms with E-state index in [0.717, 1.165) is 4.90 Å². The minimum atomic E-state index is -0.906. The normalized spacial score (nSPS) is 17.8.